The molecule has 0 aliphatic rings. The van der Waals surface area contributed by atoms with Gasteiger partial charge in [-0.3, -0.25) is 0 Å². The van der Waals surface area contributed by atoms with Crippen molar-refractivity contribution in [2.24, 2.45) is 0 Å². The lowest BCUT2D eigenvalue weighted by Crippen LogP contribution is -2.31. The number of allylic oxidation sites excluding steroid dienone is 4. The van der Waals surface area contributed by atoms with Crippen molar-refractivity contribution in [1.82, 2.24) is 0 Å². The molecule has 0 aliphatic carbocycles. The van der Waals surface area contributed by atoms with E-state index in [2.05, 4.69) is 19.7 Å². The summed E-state index contributed by atoms with van der Waals surface area (Å²) in [5.41, 5.74) is 1.61. The van der Waals surface area contributed by atoms with E-state index in [1.165, 1.54) is 0 Å². The molecular weight excluding hydrogens is 208 g/mol. The van der Waals surface area contributed by atoms with Gasteiger partial charge in [-0.05, 0) is 29.7 Å². The molecule has 0 aromatic carbocycles. The van der Waals surface area contributed by atoms with Crippen LogP contribution in [0.2, 0.25) is 24.2 Å². The van der Waals surface area contributed by atoms with Crippen LogP contribution in [0.5, 0.6) is 0 Å². The molecule has 0 N–H and O–H groups in total. The number of rotatable bonds is 8. The van der Waals surface area contributed by atoms with E-state index in [0.29, 0.717) is 0 Å². The second-order valence-corrected chi connectivity index (χ2v) is 8.43. The molecule has 0 radical (unpaired) electrons. The van der Waals surface area contributed by atoms with Crippen LogP contribution in [0.25, 0.3) is 0 Å². The Labute approximate surface area is 93.7 Å². The normalized spacial score (nSPS) is 11.5. The highest BCUT2D eigenvalue weighted by molar-refractivity contribution is 6.81. The van der Waals surface area contributed by atoms with Crippen molar-refractivity contribution in [3.05, 3.63) is 49.6 Å². The van der Waals surface area contributed by atoms with E-state index in [-0.39, 0.29) is 0 Å². The van der Waals surface area contributed by atoms with Crippen LogP contribution in [0, 0.1) is 0 Å². The average molecular weight is 227 g/mol. The molecule has 2 heteroatoms. The van der Waals surface area contributed by atoms with Gasteiger partial charge in [-0.15, -0.1) is 19.7 Å². The Balaban J connectivity index is 4.59. The summed E-state index contributed by atoms with van der Waals surface area (Å²) in [4.78, 5) is 0. The Morgan fingerprint density at radius 1 is 0.857 bits per heavy atom. The van der Waals surface area contributed by atoms with E-state index in [0.717, 1.165) is 24.2 Å². The minimum atomic E-state index is -1.34. The van der Waals surface area contributed by atoms with Gasteiger partial charge in [0.2, 0.25) is 0 Å². The number of halogens is 1. The summed E-state index contributed by atoms with van der Waals surface area (Å²) in [5, 5.41) is 0. The third-order valence-electron chi connectivity index (χ3n) is 2.37. The summed E-state index contributed by atoms with van der Waals surface area (Å²) in [6, 6.07) is 4.39. The fourth-order valence-electron chi connectivity index (χ4n) is 1.71. The first-order valence-corrected chi connectivity index (χ1v) is 8.09. The fourth-order valence-corrected chi connectivity index (χ4v) is 5.41. The summed E-state index contributed by atoms with van der Waals surface area (Å²) >= 11 is 5.57. The summed E-state index contributed by atoms with van der Waals surface area (Å²) in [7, 11) is -1.34. The molecule has 14 heavy (non-hydrogen) atoms. The van der Waals surface area contributed by atoms with E-state index in [1.54, 1.807) is 5.54 Å². The maximum atomic E-state index is 5.57. The molecular formula is C12H19ClSi. The molecule has 0 amide bonds. The zero-order valence-electron chi connectivity index (χ0n) is 8.71. The van der Waals surface area contributed by atoms with Gasteiger partial charge in [-0.2, -0.15) is 0 Å². The van der Waals surface area contributed by atoms with Gasteiger partial charge in [0, 0.05) is 0 Å². The fraction of sp³-hybridized carbons (Fsp3) is 0.333. The minimum absolute atomic E-state index is 1.08. The van der Waals surface area contributed by atoms with Crippen molar-refractivity contribution < 1.29 is 0 Å². The second-order valence-electron chi connectivity index (χ2n) is 3.54. The third kappa shape index (κ3) is 4.63. The van der Waals surface area contributed by atoms with E-state index < -0.39 is 8.07 Å². The molecule has 0 aromatic rings. The Kier molecular flexibility index (Phi) is 7.53. The summed E-state index contributed by atoms with van der Waals surface area (Å²) < 4.78 is 0. The lowest BCUT2D eigenvalue weighted by atomic mass is 10.7. The van der Waals surface area contributed by atoms with Crippen LogP contribution in [0.4, 0.5) is 0 Å². The van der Waals surface area contributed by atoms with Crippen LogP contribution >= 0.6 is 11.6 Å². The molecule has 0 bridgehead atoms. The zero-order valence-corrected chi connectivity index (χ0v) is 10.5. The highest BCUT2D eigenvalue weighted by Crippen LogP contribution is 2.27. The molecule has 78 valence electrons. The molecule has 0 heterocycles. The van der Waals surface area contributed by atoms with Crippen molar-refractivity contribution in [3.8, 4) is 0 Å². The van der Waals surface area contributed by atoms with Gasteiger partial charge in [-0.1, -0.05) is 35.9 Å². The largest absolute Gasteiger partial charge is 0.103 e. The number of hydrogen-bond donors (Lipinski definition) is 0. The van der Waals surface area contributed by atoms with Crippen molar-refractivity contribution in [3.63, 3.8) is 0 Å². The zero-order chi connectivity index (χ0) is 10.9. The van der Waals surface area contributed by atoms with Crippen LogP contribution < -0.4 is 0 Å². The molecule has 0 aliphatic heterocycles. The third-order valence-corrected chi connectivity index (χ3v) is 7.12. The molecule has 0 aromatic heterocycles. The van der Waals surface area contributed by atoms with Crippen molar-refractivity contribution in [2.75, 3.05) is 0 Å². The molecule has 0 rings (SSSR count). The van der Waals surface area contributed by atoms with E-state index >= 15 is 0 Å². The van der Waals surface area contributed by atoms with Crippen LogP contribution in [0.3, 0.4) is 0 Å². The van der Waals surface area contributed by atoms with Crippen molar-refractivity contribution >= 4 is 19.7 Å². The molecule has 0 saturated carbocycles. The lowest BCUT2D eigenvalue weighted by molar-refractivity contribution is 1.29. The Morgan fingerprint density at radius 2 is 1.29 bits per heavy atom. The quantitative estimate of drug-likeness (QED) is 0.414. The SMILES string of the molecule is C=CC[Si](CC=C)(CC=C)CC=CCl. The highest BCUT2D eigenvalue weighted by atomic mass is 35.5. The smallest absolute Gasteiger partial charge is 0.0686 e. The summed E-state index contributed by atoms with van der Waals surface area (Å²) in [6.45, 7) is 11.5. The molecule has 0 unspecified atom stereocenters. The van der Waals surface area contributed by atoms with E-state index in [1.807, 2.05) is 24.3 Å². The molecule has 0 nitrogen and oxygen atoms in total. The van der Waals surface area contributed by atoms with Gasteiger partial charge in [0.1, 0.15) is 0 Å². The first kappa shape index (κ1) is 13.5. The van der Waals surface area contributed by atoms with Gasteiger partial charge < -0.3 is 0 Å². The monoisotopic (exact) mass is 226 g/mol. The maximum absolute atomic E-state index is 5.57. The average Bonchev–Trinajstić information content (AvgIpc) is 2.16. The van der Waals surface area contributed by atoms with Gasteiger partial charge in [0.25, 0.3) is 0 Å². The van der Waals surface area contributed by atoms with Crippen LogP contribution in [0.1, 0.15) is 0 Å². The summed E-state index contributed by atoms with van der Waals surface area (Å²) in [6.07, 6.45) is 8.09. The lowest BCUT2D eigenvalue weighted by Gasteiger charge is -2.27. The summed E-state index contributed by atoms with van der Waals surface area (Å²) in [5.74, 6) is 0. The van der Waals surface area contributed by atoms with Gasteiger partial charge >= 0.3 is 0 Å². The van der Waals surface area contributed by atoms with Crippen LogP contribution in [-0.2, 0) is 0 Å². The molecule has 0 saturated heterocycles. The predicted octanol–water partition coefficient (Wildman–Crippen LogP) is 4.75. The van der Waals surface area contributed by atoms with Crippen LogP contribution in [0.15, 0.2) is 49.6 Å². The van der Waals surface area contributed by atoms with Crippen LogP contribution in [-0.4, -0.2) is 8.07 Å². The van der Waals surface area contributed by atoms with Gasteiger partial charge in [-0.25, -0.2) is 0 Å². The number of hydrogen-bond acceptors (Lipinski definition) is 0. The molecule has 0 atom stereocenters. The highest BCUT2D eigenvalue weighted by Gasteiger charge is 2.26. The van der Waals surface area contributed by atoms with Crippen molar-refractivity contribution in [2.45, 2.75) is 24.2 Å². The maximum Gasteiger partial charge on any atom is 0.0686 e. The van der Waals surface area contributed by atoms with Gasteiger partial charge in [0.05, 0.1) is 8.07 Å². The Morgan fingerprint density at radius 3 is 1.57 bits per heavy atom. The Hall–Kier alpha value is -0.533. The first-order valence-electron chi connectivity index (χ1n) is 4.82. The first-order chi connectivity index (χ1) is 6.74. The standard InChI is InChI=1S/C12H19ClSi/c1-4-9-14(10-5-2,11-6-3)12-7-8-13/h4-8H,1-3,9-12H2. The predicted molar refractivity (Wildman–Crippen MR) is 70.6 cm³/mol. The topological polar surface area (TPSA) is 0 Å². The van der Waals surface area contributed by atoms with E-state index in [9.17, 15) is 0 Å². The molecule has 0 spiro atoms. The molecule has 0 fully saturated rings. The van der Waals surface area contributed by atoms with E-state index in [4.69, 9.17) is 11.6 Å². The second kappa shape index (κ2) is 7.83. The minimum Gasteiger partial charge on any atom is -0.103 e. The van der Waals surface area contributed by atoms with Gasteiger partial charge in [0.15, 0.2) is 0 Å². The van der Waals surface area contributed by atoms with Crippen molar-refractivity contribution in [1.29, 1.82) is 0 Å². The Bertz CT molecular complexity index is 192.